The van der Waals surface area contributed by atoms with Crippen molar-refractivity contribution >= 4 is 11.6 Å². The first-order valence-corrected chi connectivity index (χ1v) is 9.04. The summed E-state index contributed by atoms with van der Waals surface area (Å²) in [5.74, 6) is 0.429. The molecule has 2 aromatic rings. The number of hydrogen-bond acceptors (Lipinski definition) is 3. The molecule has 1 fully saturated rings. The third-order valence-corrected chi connectivity index (χ3v) is 4.86. The van der Waals surface area contributed by atoms with Crippen LogP contribution in [0.4, 0.5) is 5.69 Å². The molecule has 1 saturated heterocycles. The van der Waals surface area contributed by atoms with Gasteiger partial charge >= 0.3 is 0 Å². The van der Waals surface area contributed by atoms with Crippen molar-refractivity contribution in [2.75, 3.05) is 31.6 Å². The van der Waals surface area contributed by atoms with Crippen molar-refractivity contribution in [3.8, 4) is 0 Å². The van der Waals surface area contributed by atoms with Gasteiger partial charge in [0, 0.05) is 37.5 Å². The first-order chi connectivity index (χ1) is 12.3. The van der Waals surface area contributed by atoms with Gasteiger partial charge < -0.3 is 15.3 Å². The van der Waals surface area contributed by atoms with E-state index in [0.29, 0.717) is 5.92 Å². The minimum Gasteiger partial charge on any atom is -0.396 e. The zero-order chi connectivity index (χ0) is 17.5. The molecule has 25 heavy (non-hydrogen) atoms. The average Bonchev–Trinajstić information content (AvgIpc) is 2.68. The van der Waals surface area contributed by atoms with Gasteiger partial charge in [-0.2, -0.15) is 0 Å². The lowest BCUT2D eigenvalue weighted by Crippen LogP contribution is -2.39. The fourth-order valence-corrected chi connectivity index (χ4v) is 3.26. The first kappa shape index (κ1) is 17.5. The highest BCUT2D eigenvalue weighted by atomic mass is 16.3. The molecule has 2 aromatic carbocycles. The third-order valence-electron chi connectivity index (χ3n) is 4.86. The summed E-state index contributed by atoms with van der Waals surface area (Å²) in [5, 5.41) is 12.6. The van der Waals surface area contributed by atoms with Gasteiger partial charge in [0.25, 0.3) is 5.91 Å². The molecule has 0 aromatic heterocycles. The molecule has 1 aliphatic rings. The van der Waals surface area contributed by atoms with E-state index in [1.807, 2.05) is 35.2 Å². The van der Waals surface area contributed by atoms with Crippen LogP contribution in [0.3, 0.4) is 0 Å². The Morgan fingerprint density at radius 3 is 2.56 bits per heavy atom. The van der Waals surface area contributed by atoms with Crippen molar-refractivity contribution < 1.29 is 9.90 Å². The number of rotatable bonds is 6. The molecule has 0 bridgehead atoms. The van der Waals surface area contributed by atoms with E-state index in [1.54, 1.807) is 0 Å². The summed E-state index contributed by atoms with van der Waals surface area (Å²) >= 11 is 0. The molecule has 4 heteroatoms. The monoisotopic (exact) mass is 338 g/mol. The van der Waals surface area contributed by atoms with Crippen molar-refractivity contribution in [1.82, 2.24) is 4.90 Å². The molecule has 4 nitrogen and oxygen atoms in total. The molecule has 0 spiro atoms. The van der Waals surface area contributed by atoms with Gasteiger partial charge in [-0.1, -0.05) is 36.4 Å². The van der Waals surface area contributed by atoms with Gasteiger partial charge in [-0.05, 0) is 48.9 Å². The van der Waals surface area contributed by atoms with E-state index in [-0.39, 0.29) is 12.5 Å². The quantitative estimate of drug-likeness (QED) is 0.850. The topological polar surface area (TPSA) is 52.6 Å². The van der Waals surface area contributed by atoms with Crippen molar-refractivity contribution in [3.63, 3.8) is 0 Å². The third kappa shape index (κ3) is 4.83. The lowest BCUT2D eigenvalue weighted by Gasteiger charge is -2.31. The molecule has 132 valence electrons. The fraction of sp³-hybridized carbons (Fsp3) is 0.381. The normalized spacial score (nSPS) is 15.2. The number of aliphatic hydroxyl groups is 1. The average molecular weight is 338 g/mol. The number of benzene rings is 2. The van der Waals surface area contributed by atoms with E-state index in [0.717, 1.165) is 50.1 Å². The zero-order valence-electron chi connectivity index (χ0n) is 14.5. The van der Waals surface area contributed by atoms with Crippen LogP contribution in [0, 0.1) is 5.92 Å². The Balaban J connectivity index is 1.55. The number of anilines is 1. The van der Waals surface area contributed by atoms with Crippen LogP contribution >= 0.6 is 0 Å². The van der Waals surface area contributed by atoms with E-state index in [1.165, 1.54) is 5.56 Å². The summed E-state index contributed by atoms with van der Waals surface area (Å²) in [7, 11) is 0. The molecule has 2 N–H and O–H groups in total. The highest BCUT2D eigenvalue weighted by Gasteiger charge is 2.23. The smallest absolute Gasteiger partial charge is 0.253 e. The van der Waals surface area contributed by atoms with Crippen molar-refractivity contribution in [1.29, 1.82) is 0 Å². The summed E-state index contributed by atoms with van der Waals surface area (Å²) in [6.45, 7) is 2.53. The molecular formula is C21H26N2O2. The van der Waals surface area contributed by atoms with Crippen LogP contribution in [-0.4, -0.2) is 42.2 Å². The van der Waals surface area contributed by atoms with Crippen LogP contribution in [0.25, 0.3) is 0 Å². The van der Waals surface area contributed by atoms with Crippen LogP contribution in [0.1, 0.15) is 28.8 Å². The molecule has 0 aliphatic carbocycles. The highest BCUT2D eigenvalue weighted by molar-refractivity contribution is 5.95. The van der Waals surface area contributed by atoms with E-state index in [4.69, 9.17) is 0 Å². The summed E-state index contributed by atoms with van der Waals surface area (Å²) in [5.41, 5.74) is 3.01. The van der Waals surface area contributed by atoms with Crippen LogP contribution in [0.5, 0.6) is 0 Å². The van der Waals surface area contributed by atoms with Gasteiger partial charge in [0.05, 0.1) is 0 Å². The first-order valence-electron chi connectivity index (χ1n) is 9.04. The number of hydrogen-bond donors (Lipinski definition) is 2. The summed E-state index contributed by atoms with van der Waals surface area (Å²) < 4.78 is 0. The number of likely N-dealkylation sites (tertiary alicyclic amines) is 1. The minimum atomic E-state index is 0.0862. The van der Waals surface area contributed by atoms with Crippen LogP contribution in [0.15, 0.2) is 54.6 Å². The Morgan fingerprint density at radius 2 is 1.84 bits per heavy atom. The maximum atomic E-state index is 12.7. The molecular weight excluding hydrogens is 312 g/mol. The molecule has 3 rings (SSSR count). The predicted molar refractivity (Wildman–Crippen MR) is 101 cm³/mol. The van der Waals surface area contributed by atoms with Crippen LogP contribution in [-0.2, 0) is 6.42 Å². The Morgan fingerprint density at radius 1 is 1.08 bits per heavy atom. The maximum Gasteiger partial charge on any atom is 0.253 e. The standard InChI is InChI=1S/C21H26N2O2/c24-16-18-10-13-23(14-11-18)21(25)19-7-4-8-20(15-19)22-12-9-17-5-2-1-3-6-17/h1-8,15,18,22,24H,9-14,16H2. The number of carbonyl (C=O) groups is 1. The van der Waals surface area contributed by atoms with E-state index >= 15 is 0 Å². The van der Waals surface area contributed by atoms with Gasteiger partial charge in [0.2, 0.25) is 0 Å². The summed E-state index contributed by atoms with van der Waals surface area (Å²) in [6.07, 6.45) is 2.72. The second kappa shape index (κ2) is 8.67. The van der Waals surface area contributed by atoms with Gasteiger partial charge in [-0.25, -0.2) is 0 Å². The maximum absolute atomic E-state index is 12.7. The predicted octanol–water partition coefficient (Wildman–Crippen LogP) is 3.19. The van der Waals surface area contributed by atoms with Crippen molar-refractivity contribution in [2.24, 2.45) is 5.92 Å². The number of nitrogens with one attached hydrogen (secondary N) is 1. The molecule has 0 saturated carbocycles. The molecule has 1 amide bonds. The van der Waals surface area contributed by atoms with Gasteiger partial charge in [-0.15, -0.1) is 0 Å². The van der Waals surface area contributed by atoms with Crippen molar-refractivity contribution in [2.45, 2.75) is 19.3 Å². The summed E-state index contributed by atoms with van der Waals surface area (Å²) in [4.78, 5) is 14.6. The minimum absolute atomic E-state index is 0.0862. The van der Waals surface area contributed by atoms with Gasteiger partial charge in [0.1, 0.15) is 0 Å². The van der Waals surface area contributed by atoms with Crippen LogP contribution < -0.4 is 5.32 Å². The lowest BCUT2D eigenvalue weighted by atomic mass is 9.97. The molecule has 0 radical (unpaired) electrons. The SMILES string of the molecule is O=C(c1cccc(NCCc2ccccc2)c1)N1CCC(CO)CC1. The Labute approximate surface area is 149 Å². The number of aliphatic hydroxyl groups excluding tert-OH is 1. The van der Waals surface area contributed by atoms with Crippen molar-refractivity contribution in [3.05, 3.63) is 65.7 Å². The lowest BCUT2D eigenvalue weighted by molar-refractivity contribution is 0.0651. The molecule has 1 heterocycles. The van der Waals surface area contributed by atoms with Crippen LogP contribution in [0.2, 0.25) is 0 Å². The highest BCUT2D eigenvalue weighted by Crippen LogP contribution is 2.20. The number of piperidine rings is 1. The summed E-state index contributed by atoms with van der Waals surface area (Å²) in [6, 6.07) is 18.1. The number of amides is 1. The second-order valence-corrected chi connectivity index (χ2v) is 6.66. The molecule has 1 aliphatic heterocycles. The van der Waals surface area contributed by atoms with E-state index < -0.39 is 0 Å². The zero-order valence-corrected chi connectivity index (χ0v) is 14.5. The van der Waals surface area contributed by atoms with Gasteiger partial charge in [0.15, 0.2) is 0 Å². The number of nitrogens with zero attached hydrogens (tertiary/aromatic N) is 1. The molecule has 0 atom stereocenters. The fourth-order valence-electron chi connectivity index (χ4n) is 3.26. The Kier molecular flexibility index (Phi) is 6.07. The van der Waals surface area contributed by atoms with Gasteiger partial charge in [-0.3, -0.25) is 4.79 Å². The second-order valence-electron chi connectivity index (χ2n) is 6.66. The van der Waals surface area contributed by atoms with E-state index in [9.17, 15) is 9.90 Å². The van der Waals surface area contributed by atoms with E-state index in [2.05, 4.69) is 29.6 Å². The Hall–Kier alpha value is -2.33. The Bertz CT molecular complexity index is 679. The largest absolute Gasteiger partial charge is 0.396 e. The number of carbonyl (C=O) groups excluding carboxylic acids is 1. The molecule has 0 unspecified atom stereocenters.